The Hall–Kier alpha value is -2.58. The Balaban J connectivity index is 1.66. The van der Waals surface area contributed by atoms with Crippen molar-refractivity contribution in [2.45, 2.75) is 50.0 Å². The molecule has 0 bridgehead atoms. The van der Waals surface area contributed by atoms with Gasteiger partial charge in [-0.2, -0.15) is 17.5 Å². The third-order valence-corrected chi connectivity index (χ3v) is 9.46. The van der Waals surface area contributed by atoms with E-state index < -0.39 is 52.0 Å². The van der Waals surface area contributed by atoms with Gasteiger partial charge in [0, 0.05) is 45.0 Å². The summed E-state index contributed by atoms with van der Waals surface area (Å²) in [5.74, 6) is -1.59. The lowest BCUT2D eigenvalue weighted by Gasteiger charge is -2.44. The first kappa shape index (κ1) is 29.0. The number of anilines is 1. The number of carbonyl (C=O) groups excluding carboxylic acids is 2. The van der Waals surface area contributed by atoms with Gasteiger partial charge < -0.3 is 14.5 Å². The van der Waals surface area contributed by atoms with Gasteiger partial charge in [-0.25, -0.2) is 13.9 Å². The van der Waals surface area contributed by atoms with Gasteiger partial charge in [0.25, 0.3) is 5.91 Å². The lowest BCUT2D eigenvalue weighted by Crippen LogP contribution is -2.64. The average Bonchev–Trinajstić information content (AvgIpc) is 2.88. The van der Waals surface area contributed by atoms with E-state index in [1.807, 2.05) is 29.2 Å². The molecule has 37 heavy (non-hydrogen) atoms. The van der Waals surface area contributed by atoms with Gasteiger partial charge in [-0.1, -0.05) is 13.3 Å². The number of halogens is 3. The van der Waals surface area contributed by atoms with Crippen LogP contribution in [0.2, 0.25) is 0 Å². The number of rotatable bonds is 9. The maximum Gasteiger partial charge on any atom is 0.397 e. The highest BCUT2D eigenvalue weighted by atomic mass is 32.2. The monoisotopic (exact) mass is 550 g/mol. The molecule has 2 saturated heterocycles. The van der Waals surface area contributed by atoms with Crippen molar-refractivity contribution in [1.29, 1.82) is 0 Å². The van der Waals surface area contributed by atoms with Crippen molar-refractivity contribution in [3.63, 3.8) is 0 Å². The van der Waals surface area contributed by atoms with Crippen LogP contribution in [-0.4, -0.2) is 91.4 Å². The van der Waals surface area contributed by atoms with Crippen molar-refractivity contribution in [2.24, 2.45) is 0 Å². The second-order valence-electron chi connectivity index (χ2n) is 9.20. The molecule has 2 aliphatic rings. The number of amides is 2. The molecule has 0 unspecified atom stereocenters. The summed E-state index contributed by atoms with van der Waals surface area (Å²) in [6.45, 7) is 2.85. The summed E-state index contributed by atoms with van der Waals surface area (Å²) in [6, 6.07) is 7.48. The van der Waals surface area contributed by atoms with Crippen LogP contribution in [0.15, 0.2) is 24.3 Å². The molecular formula is C23H33F3N4O6S. The molecule has 1 aromatic rings. The Labute approximate surface area is 214 Å². The number of piperazine rings is 1. The smallest absolute Gasteiger partial charge is 0.397 e. The number of carbonyl (C=O) groups is 2. The summed E-state index contributed by atoms with van der Waals surface area (Å²) in [5, 5.41) is 9.29. The van der Waals surface area contributed by atoms with Crippen LogP contribution < -0.4 is 15.1 Å². The molecule has 10 nitrogen and oxygen atoms in total. The SMILES string of the molecule is CCCCOc1ccc(N2CCN(S(=O)(=O)C3(C(=O)NO)CCN(C(=O)CC(F)(F)F)CC3)CC2)cc1. The van der Waals surface area contributed by atoms with Crippen molar-refractivity contribution >= 4 is 27.5 Å². The fraction of sp³-hybridized carbons (Fsp3) is 0.652. The summed E-state index contributed by atoms with van der Waals surface area (Å²) in [6.07, 6.45) is -5.22. The Morgan fingerprint density at radius 3 is 2.16 bits per heavy atom. The zero-order valence-electron chi connectivity index (χ0n) is 20.7. The van der Waals surface area contributed by atoms with E-state index in [1.54, 1.807) is 0 Å². The van der Waals surface area contributed by atoms with E-state index in [-0.39, 0.29) is 26.2 Å². The fourth-order valence-electron chi connectivity index (χ4n) is 4.63. The molecule has 0 atom stereocenters. The number of nitrogens with one attached hydrogen (secondary N) is 1. The van der Waals surface area contributed by atoms with E-state index >= 15 is 0 Å². The number of ether oxygens (including phenoxy) is 1. The van der Waals surface area contributed by atoms with Gasteiger partial charge in [-0.05, 0) is 43.5 Å². The van der Waals surface area contributed by atoms with Crippen LogP contribution >= 0.6 is 0 Å². The zero-order valence-corrected chi connectivity index (χ0v) is 21.5. The number of hydroxylamine groups is 1. The summed E-state index contributed by atoms with van der Waals surface area (Å²) in [7, 11) is -4.31. The molecule has 0 radical (unpaired) electrons. The molecule has 14 heteroatoms. The number of unbranched alkanes of at least 4 members (excludes halogenated alkanes) is 1. The van der Waals surface area contributed by atoms with E-state index in [0.29, 0.717) is 19.7 Å². The van der Waals surface area contributed by atoms with Gasteiger partial charge in [0.05, 0.1) is 6.61 Å². The number of nitrogens with zero attached hydrogens (tertiary/aromatic N) is 3. The number of benzene rings is 1. The number of piperidine rings is 1. The van der Waals surface area contributed by atoms with Gasteiger partial charge in [0.1, 0.15) is 12.2 Å². The third kappa shape index (κ3) is 6.65. The van der Waals surface area contributed by atoms with Gasteiger partial charge in [0.2, 0.25) is 15.9 Å². The minimum atomic E-state index is -4.69. The van der Waals surface area contributed by atoms with Crippen LogP contribution in [0.5, 0.6) is 5.75 Å². The average molecular weight is 551 g/mol. The summed E-state index contributed by atoms with van der Waals surface area (Å²) < 4.78 is 69.8. The van der Waals surface area contributed by atoms with Crippen molar-refractivity contribution in [2.75, 3.05) is 50.8 Å². The minimum absolute atomic E-state index is 0.0776. The fourth-order valence-corrected chi connectivity index (χ4v) is 6.74. The van der Waals surface area contributed by atoms with Crippen molar-refractivity contribution in [3.05, 3.63) is 24.3 Å². The van der Waals surface area contributed by atoms with Crippen molar-refractivity contribution < 1.29 is 41.1 Å². The van der Waals surface area contributed by atoms with Crippen LogP contribution in [-0.2, 0) is 19.6 Å². The Morgan fingerprint density at radius 2 is 1.65 bits per heavy atom. The highest BCUT2D eigenvalue weighted by Gasteiger charge is 2.55. The van der Waals surface area contributed by atoms with Gasteiger partial charge in [-0.3, -0.25) is 14.8 Å². The number of likely N-dealkylation sites (tertiary alicyclic amines) is 1. The molecule has 2 aliphatic heterocycles. The molecule has 0 aliphatic carbocycles. The molecule has 0 spiro atoms. The highest BCUT2D eigenvalue weighted by Crippen LogP contribution is 2.35. The summed E-state index contributed by atoms with van der Waals surface area (Å²) in [5.41, 5.74) is 2.30. The standard InChI is InChI=1S/C23H33F3N4O6S/c1-2-3-16-36-19-6-4-18(5-7-19)28-12-14-30(15-13-28)37(34,35)22(21(32)27-33)8-10-29(11-9-22)20(31)17-23(24,25)26/h4-7,33H,2-3,8-17H2,1H3,(H,27,32). The van der Waals surface area contributed by atoms with Crippen LogP contribution in [0.3, 0.4) is 0 Å². The summed E-state index contributed by atoms with van der Waals surface area (Å²) >= 11 is 0. The molecule has 2 amide bonds. The predicted octanol–water partition coefficient (Wildman–Crippen LogP) is 2.14. The molecule has 0 saturated carbocycles. The number of hydrogen-bond donors (Lipinski definition) is 2. The number of hydrogen-bond acceptors (Lipinski definition) is 7. The van der Waals surface area contributed by atoms with Crippen molar-refractivity contribution in [3.8, 4) is 5.75 Å². The molecule has 2 heterocycles. The van der Waals surface area contributed by atoms with Crippen LogP contribution in [0.25, 0.3) is 0 Å². The molecule has 1 aromatic carbocycles. The largest absolute Gasteiger partial charge is 0.494 e. The molecule has 2 N–H and O–H groups in total. The molecule has 3 rings (SSSR count). The number of sulfonamides is 1. The van der Waals surface area contributed by atoms with Gasteiger partial charge in [-0.15, -0.1) is 0 Å². The van der Waals surface area contributed by atoms with E-state index in [0.717, 1.165) is 29.2 Å². The first-order chi connectivity index (χ1) is 17.4. The lowest BCUT2D eigenvalue weighted by atomic mass is 9.94. The van der Waals surface area contributed by atoms with Crippen LogP contribution in [0, 0.1) is 0 Å². The normalized spacial score (nSPS) is 18.9. The molecular weight excluding hydrogens is 517 g/mol. The first-order valence-electron chi connectivity index (χ1n) is 12.2. The first-order valence-corrected chi connectivity index (χ1v) is 13.6. The van der Waals surface area contributed by atoms with E-state index in [1.165, 1.54) is 9.79 Å². The Morgan fingerprint density at radius 1 is 1.05 bits per heavy atom. The second-order valence-corrected chi connectivity index (χ2v) is 11.4. The minimum Gasteiger partial charge on any atom is -0.494 e. The van der Waals surface area contributed by atoms with Gasteiger partial charge >= 0.3 is 6.18 Å². The van der Waals surface area contributed by atoms with E-state index in [9.17, 15) is 36.4 Å². The third-order valence-electron chi connectivity index (χ3n) is 6.83. The Kier molecular flexibility index (Phi) is 9.29. The predicted molar refractivity (Wildman–Crippen MR) is 129 cm³/mol. The van der Waals surface area contributed by atoms with Crippen molar-refractivity contribution in [1.82, 2.24) is 14.7 Å². The van der Waals surface area contributed by atoms with E-state index in [4.69, 9.17) is 4.74 Å². The topological polar surface area (TPSA) is 119 Å². The maximum atomic E-state index is 13.6. The lowest BCUT2D eigenvalue weighted by molar-refractivity contribution is -0.162. The Bertz CT molecular complexity index is 1040. The van der Waals surface area contributed by atoms with Crippen LogP contribution in [0.1, 0.15) is 39.0 Å². The molecule has 0 aromatic heterocycles. The van der Waals surface area contributed by atoms with E-state index in [2.05, 4.69) is 6.92 Å². The van der Waals surface area contributed by atoms with Crippen LogP contribution in [0.4, 0.5) is 18.9 Å². The zero-order chi connectivity index (χ0) is 27.3. The molecule has 208 valence electrons. The second kappa shape index (κ2) is 11.9. The number of alkyl halides is 3. The quantitative estimate of drug-likeness (QED) is 0.275. The highest BCUT2D eigenvalue weighted by molar-refractivity contribution is 7.91. The summed E-state index contributed by atoms with van der Waals surface area (Å²) in [4.78, 5) is 27.5. The molecule has 2 fully saturated rings. The van der Waals surface area contributed by atoms with Gasteiger partial charge in [0.15, 0.2) is 4.75 Å². The maximum absolute atomic E-state index is 13.6.